The van der Waals surface area contributed by atoms with Crippen molar-refractivity contribution in [3.8, 4) is 0 Å². The Morgan fingerprint density at radius 3 is 1.41 bits per heavy atom. The van der Waals surface area contributed by atoms with Gasteiger partial charge in [0.2, 0.25) is 0 Å². The van der Waals surface area contributed by atoms with E-state index in [1.54, 1.807) is 27.1 Å². The maximum atomic E-state index is 2.66. The highest BCUT2D eigenvalue weighted by Gasteiger charge is 2.48. The van der Waals surface area contributed by atoms with Gasteiger partial charge in [0.25, 0.3) is 0 Å². The lowest BCUT2D eigenvalue weighted by Crippen LogP contribution is -2.57. The monoisotopic (exact) mass is 425 g/mol. The average molecular weight is 426 g/mol. The van der Waals surface area contributed by atoms with Crippen molar-refractivity contribution >= 4 is 26.5 Å². The summed E-state index contributed by atoms with van der Waals surface area (Å²) in [6.45, 7) is 29.0. The zero-order chi connectivity index (χ0) is 22.3. The molecule has 161 valence electrons. The fourth-order valence-corrected chi connectivity index (χ4v) is 13.8. The number of aryl methyl sites for hydroxylation is 1. The zero-order valence-electron chi connectivity index (χ0n) is 21.3. The molecule has 0 saturated carbocycles. The second-order valence-electron chi connectivity index (χ2n) is 11.5. The summed E-state index contributed by atoms with van der Waals surface area (Å²) in [6, 6.07) is 10.4. The van der Waals surface area contributed by atoms with Gasteiger partial charge >= 0.3 is 0 Å². The predicted octanol–water partition coefficient (Wildman–Crippen LogP) is 7.31. The minimum Gasteiger partial charge on any atom is -0.0656 e. The second kappa shape index (κ2) is 8.71. The molecular formula is C27H45Si2. The van der Waals surface area contributed by atoms with Crippen molar-refractivity contribution in [2.45, 2.75) is 94.0 Å². The van der Waals surface area contributed by atoms with Gasteiger partial charge in [-0.2, -0.15) is 0 Å². The third-order valence-electron chi connectivity index (χ3n) is 6.93. The Bertz CT molecular complexity index is 781. The average Bonchev–Trinajstić information content (AvgIpc) is 2.75. The smallest absolute Gasteiger partial charge is 0.0656 e. The molecule has 0 atom stereocenters. The molecule has 0 spiro atoms. The molecule has 0 saturated heterocycles. The maximum absolute atomic E-state index is 2.66. The van der Waals surface area contributed by atoms with Crippen LogP contribution in [0, 0.1) is 24.3 Å². The quantitative estimate of drug-likeness (QED) is 0.402. The summed E-state index contributed by atoms with van der Waals surface area (Å²) in [4.78, 5) is 0. The second-order valence-corrected chi connectivity index (χ2v) is 20.6. The van der Waals surface area contributed by atoms with Crippen molar-refractivity contribution in [1.82, 2.24) is 0 Å². The van der Waals surface area contributed by atoms with E-state index in [1.165, 1.54) is 28.8 Å². The van der Waals surface area contributed by atoms with Gasteiger partial charge in [0, 0.05) is 5.54 Å². The van der Waals surface area contributed by atoms with Gasteiger partial charge < -0.3 is 0 Å². The lowest BCUT2D eigenvalue weighted by molar-refractivity contribution is 0.681. The molecule has 29 heavy (non-hydrogen) atoms. The molecule has 1 radical (unpaired) electrons. The highest BCUT2D eigenvalue weighted by Crippen LogP contribution is 2.48. The van der Waals surface area contributed by atoms with Crippen LogP contribution in [-0.4, -0.2) is 16.1 Å². The molecule has 2 heteroatoms. The van der Waals surface area contributed by atoms with E-state index < -0.39 is 16.1 Å². The van der Waals surface area contributed by atoms with Crippen molar-refractivity contribution in [2.24, 2.45) is 11.8 Å². The van der Waals surface area contributed by atoms with Crippen LogP contribution < -0.4 is 10.4 Å². The van der Waals surface area contributed by atoms with Crippen LogP contribution in [0.25, 0.3) is 0 Å². The standard InChI is InChI=1S/C27H45Si2/c1-18(2)16-29(17-19(3)4,27-23(8)21(6)22(7)24(27)9)26-14-20(5)13-25(15-26)28(10,11)12/h13-15,18-19H,16-17H2,1-12H3. The van der Waals surface area contributed by atoms with Crippen LogP contribution in [0.5, 0.6) is 0 Å². The van der Waals surface area contributed by atoms with Crippen LogP contribution in [0.15, 0.2) is 40.5 Å². The number of hydrogen-bond donors (Lipinski definition) is 0. The third kappa shape index (κ3) is 4.90. The molecule has 0 unspecified atom stereocenters. The first kappa shape index (κ1) is 24.4. The van der Waals surface area contributed by atoms with Gasteiger partial charge in [0.15, 0.2) is 0 Å². The van der Waals surface area contributed by atoms with Gasteiger partial charge in [-0.25, -0.2) is 0 Å². The van der Waals surface area contributed by atoms with Crippen molar-refractivity contribution in [1.29, 1.82) is 0 Å². The third-order valence-corrected chi connectivity index (χ3v) is 15.1. The Kier molecular flexibility index (Phi) is 7.33. The minimum absolute atomic E-state index is 0.713. The highest BCUT2D eigenvalue weighted by atomic mass is 28.3. The van der Waals surface area contributed by atoms with Crippen LogP contribution in [0.4, 0.5) is 0 Å². The predicted molar refractivity (Wildman–Crippen MR) is 139 cm³/mol. The summed E-state index contributed by atoms with van der Waals surface area (Å²) in [5.41, 5.74) is 9.45. The molecular weight excluding hydrogens is 380 g/mol. The number of benzene rings is 1. The fraction of sp³-hybridized carbons (Fsp3) is 0.593. The van der Waals surface area contributed by atoms with Gasteiger partial charge in [-0.3, -0.25) is 0 Å². The van der Waals surface area contributed by atoms with Crippen LogP contribution >= 0.6 is 0 Å². The minimum atomic E-state index is -1.89. The summed E-state index contributed by atoms with van der Waals surface area (Å²) in [5, 5.41) is 3.33. The van der Waals surface area contributed by atoms with Crippen LogP contribution in [0.3, 0.4) is 0 Å². The van der Waals surface area contributed by atoms with Crippen molar-refractivity contribution in [2.75, 3.05) is 0 Å². The van der Waals surface area contributed by atoms with Gasteiger partial charge in [-0.05, 0) is 69.7 Å². The van der Waals surface area contributed by atoms with Crippen molar-refractivity contribution < 1.29 is 0 Å². The molecule has 1 aromatic carbocycles. The van der Waals surface area contributed by atoms with E-state index in [1.807, 2.05) is 0 Å². The van der Waals surface area contributed by atoms with Crippen LogP contribution in [0.1, 0.15) is 61.0 Å². The van der Waals surface area contributed by atoms with Crippen LogP contribution in [0.2, 0.25) is 31.7 Å². The molecule has 0 nitrogen and oxygen atoms in total. The summed E-state index contributed by atoms with van der Waals surface area (Å²) in [7, 11) is -3.26. The SMILES string of the molecule is CC1=C(C)C(C)=C(C)[C]1[Si](CC(C)C)(CC(C)C)c1cc(C)cc([Si](C)(C)C)c1. The lowest BCUT2D eigenvalue weighted by Gasteiger charge is -2.43. The van der Waals surface area contributed by atoms with E-state index in [-0.39, 0.29) is 0 Å². The maximum Gasteiger partial charge on any atom is 0.103 e. The first-order valence-corrected chi connectivity index (χ1v) is 17.5. The van der Waals surface area contributed by atoms with Gasteiger partial charge in [0.1, 0.15) is 8.07 Å². The first-order valence-electron chi connectivity index (χ1n) is 11.6. The molecule has 0 heterocycles. The number of allylic oxidation sites excluding steroid dienone is 4. The van der Waals surface area contributed by atoms with E-state index >= 15 is 0 Å². The normalized spacial score (nSPS) is 16.8. The van der Waals surface area contributed by atoms with E-state index in [0.717, 1.165) is 0 Å². The molecule has 1 aliphatic rings. The fourth-order valence-electron chi connectivity index (χ4n) is 5.49. The number of hydrogen-bond acceptors (Lipinski definition) is 0. The van der Waals surface area contributed by atoms with Crippen molar-refractivity contribution in [3.05, 3.63) is 51.6 Å². The van der Waals surface area contributed by atoms with Gasteiger partial charge in [0.05, 0.1) is 8.07 Å². The number of rotatable bonds is 7. The van der Waals surface area contributed by atoms with Gasteiger partial charge in [-0.15, -0.1) is 0 Å². The van der Waals surface area contributed by atoms with Crippen LogP contribution in [-0.2, 0) is 0 Å². The Labute approximate surface area is 183 Å². The molecule has 0 aromatic heterocycles. The van der Waals surface area contributed by atoms with Crippen molar-refractivity contribution in [3.63, 3.8) is 0 Å². The topological polar surface area (TPSA) is 0 Å². The molecule has 1 aromatic rings. The van der Waals surface area contributed by atoms with E-state index in [0.29, 0.717) is 11.8 Å². The van der Waals surface area contributed by atoms with E-state index in [9.17, 15) is 0 Å². The molecule has 0 amide bonds. The van der Waals surface area contributed by atoms with E-state index in [2.05, 4.69) is 100 Å². The molecule has 1 aliphatic carbocycles. The Morgan fingerprint density at radius 1 is 0.621 bits per heavy atom. The molecule has 0 N–H and O–H groups in total. The Morgan fingerprint density at radius 2 is 1.03 bits per heavy atom. The Hall–Kier alpha value is -0.866. The summed E-state index contributed by atoms with van der Waals surface area (Å²) in [5.74, 6) is 1.43. The van der Waals surface area contributed by atoms with Gasteiger partial charge in [-0.1, -0.05) is 92.6 Å². The zero-order valence-corrected chi connectivity index (χ0v) is 23.3. The Balaban J connectivity index is 2.87. The first-order chi connectivity index (χ1) is 13.2. The molecule has 0 aliphatic heterocycles. The highest BCUT2D eigenvalue weighted by molar-refractivity contribution is 6.98. The van der Waals surface area contributed by atoms with E-state index in [4.69, 9.17) is 0 Å². The summed E-state index contributed by atoms with van der Waals surface area (Å²) in [6.07, 6.45) is 0. The molecule has 2 rings (SSSR count). The largest absolute Gasteiger partial charge is 0.103 e. The lowest BCUT2D eigenvalue weighted by atomic mass is 10.1. The summed E-state index contributed by atoms with van der Waals surface area (Å²) < 4.78 is 0. The summed E-state index contributed by atoms with van der Waals surface area (Å²) >= 11 is 0. The molecule has 0 bridgehead atoms. The molecule has 0 fully saturated rings.